The first-order chi connectivity index (χ1) is 11.6. The van der Waals surface area contributed by atoms with Gasteiger partial charge in [0.2, 0.25) is 20.0 Å². The zero-order valence-corrected chi connectivity index (χ0v) is 17.2. The highest BCUT2D eigenvalue weighted by atomic mass is 35.5. The van der Waals surface area contributed by atoms with E-state index in [0.717, 1.165) is 11.8 Å². The minimum absolute atomic E-state index is 0.0153. The molecule has 1 heterocycles. The van der Waals surface area contributed by atoms with Crippen LogP contribution in [0, 0.1) is 0 Å². The molecule has 0 fully saturated rings. The zero-order chi connectivity index (χ0) is 18.8. The molecule has 1 atom stereocenters. The molecule has 140 valence electrons. The van der Waals surface area contributed by atoms with E-state index in [0.29, 0.717) is 17.7 Å². The van der Waals surface area contributed by atoms with Gasteiger partial charge in [0, 0.05) is 23.6 Å². The minimum Gasteiger partial charge on any atom is -0.209 e. The van der Waals surface area contributed by atoms with Gasteiger partial charge in [0.1, 0.15) is 4.90 Å². The Labute approximate surface area is 158 Å². The Hall–Kier alpha value is -0.580. The maximum atomic E-state index is 12.5. The molecule has 6 nitrogen and oxygen atoms in total. The van der Waals surface area contributed by atoms with Gasteiger partial charge in [0.05, 0.1) is 9.92 Å². The number of nitrogens with one attached hydrogen (secondary N) is 2. The Balaban J connectivity index is 2.42. The Morgan fingerprint density at radius 3 is 2.76 bits per heavy atom. The van der Waals surface area contributed by atoms with E-state index >= 15 is 0 Å². The molecule has 0 spiro atoms. The molecule has 10 heteroatoms. The summed E-state index contributed by atoms with van der Waals surface area (Å²) < 4.78 is 54.8. The van der Waals surface area contributed by atoms with Crippen molar-refractivity contribution in [2.24, 2.45) is 0 Å². The molecule has 1 aromatic carbocycles. The Morgan fingerprint density at radius 2 is 2.16 bits per heavy atom. The van der Waals surface area contributed by atoms with Gasteiger partial charge in [-0.3, -0.25) is 0 Å². The Kier molecular flexibility index (Phi) is 6.61. The summed E-state index contributed by atoms with van der Waals surface area (Å²) in [4.78, 5) is -0.266. The summed E-state index contributed by atoms with van der Waals surface area (Å²) in [6, 6.07) is 1.97. The van der Waals surface area contributed by atoms with E-state index in [1.807, 2.05) is 0 Å². The van der Waals surface area contributed by atoms with Crippen LogP contribution < -0.4 is 9.44 Å². The first kappa shape index (κ1) is 20.7. The van der Waals surface area contributed by atoms with Crippen molar-refractivity contribution in [3.63, 3.8) is 0 Å². The first-order valence-corrected chi connectivity index (χ1v) is 12.1. The fourth-order valence-corrected chi connectivity index (χ4v) is 6.83. The molecule has 0 radical (unpaired) electrons. The lowest BCUT2D eigenvalue weighted by atomic mass is 10.1. The van der Waals surface area contributed by atoms with Crippen LogP contribution in [0.15, 0.2) is 34.6 Å². The average molecular weight is 425 g/mol. The monoisotopic (exact) mass is 424 g/mol. The summed E-state index contributed by atoms with van der Waals surface area (Å²) in [5.41, 5.74) is 0.524. The highest BCUT2D eigenvalue weighted by molar-refractivity contribution is 7.99. The third kappa shape index (κ3) is 4.99. The lowest BCUT2D eigenvalue weighted by Crippen LogP contribution is -2.43. The molecule has 0 bridgehead atoms. The van der Waals surface area contributed by atoms with Gasteiger partial charge in [0.15, 0.2) is 0 Å². The van der Waals surface area contributed by atoms with Crippen LogP contribution in [0.25, 0.3) is 0 Å². The number of hydrogen-bond acceptors (Lipinski definition) is 5. The zero-order valence-electron chi connectivity index (χ0n) is 14.0. The molecule has 0 saturated heterocycles. The third-order valence-corrected chi connectivity index (χ3v) is 8.26. The fraction of sp³-hybridized carbons (Fsp3) is 0.467. The number of sulfonamides is 2. The number of benzene rings is 1. The number of halogens is 1. The first-order valence-electron chi connectivity index (χ1n) is 7.62. The quantitative estimate of drug-likeness (QED) is 0.516. The summed E-state index contributed by atoms with van der Waals surface area (Å²) in [7, 11) is -7.69. The second-order valence-electron chi connectivity index (χ2n) is 6.01. The predicted octanol–water partition coefficient (Wildman–Crippen LogP) is 2.15. The number of thioether (sulfide) groups is 1. The summed E-state index contributed by atoms with van der Waals surface area (Å²) in [6.07, 6.45) is 2.21. The molecule has 0 saturated carbocycles. The van der Waals surface area contributed by atoms with Gasteiger partial charge in [-0.25, -0.2) is 26.3 Å². The molecule has 2 N–H and O–H groups in total. The van der Waals surface area contributed by atoms with E-state index in [-0.39, 0.29) is 26.9 Å². The number of fused-ring (bicyclic) bond motifs is 1. The molecule has 2 rings (SSSR count). The van der Waals surface area contributed by atoms with E-state index < -0.39 is 20.0 Å². The molecule has 1 unspecified atom stereocenters. The normalized spacial score (nSPS) is 19.6. The van der Waals surface area contributed by atoms with Gasteiger partial charge in [-0.05, 0) is 38.0 Å². The highest BCUT2D eigenvalue weighted by Crippen LogP contribution is 2.32. The topological polar surface area (TPSA) is 92.3 Å². The predicted molar refractivity (Wildman–Crippen MR) is 102 cm³/mol. The van der Waals surface area contributed by atoms with Crippen molar-refractivity contribution in [1.29, 1.82) is 0 Å². The van der Waals surface area contributed by atoms with E-state index in [9.17, 15) is 16.8 Å². The second kappa shape index (κ2) is 7.98. The molecule has 0 amide bonds. The highest BCUT2D eigenvalue weighted by Gasteiger charge is 2.32. The van der Waals surface area contributed by atoms with Gasteiger partial charge in [-0.2, -0.15) is 11.8 Å². The maximum Gasteiger partial charge on any atom is 0.242 e. The molecular formula is C15H21ClN2O4S3. The standard InChI is InChI=1S/C15H21ClN2O4S3/c1-4-5-23-9-12-6-11-7-13(16)15(25(21,22)17-10(2)3)8-14(11)24(19,20)18-12/h4,7-8,10,12,17-18H,1,5-6,9H2,2-3H3. The molecule has 1 aromatic rings. The Bertz CT molecular complexity index is 867. The summed E-state index contributed by atoms with van der Waals surface area (Å²) in [5, 5.41) is 0.0153. The molecule has 0 aliphatic carbocycles. The molecule has 25 heavy (non-hydrogen) atoms. The van der Waals surface area contributed by atoms with Crippen LogP contribution in [0.4, 0.5) is 0 Å². The van der Waals surface area contributed by atoms with Crippen molar-refractivity contribution in [2.75, 3.05) is 11.5 Å². The average Bonchev–Trinajstić information content (AvgIpc) is 2.44. The van der Waals surface area contributed by atoms with Gasteiger partial charge in [-0.15, -0.1) is 6.58 Å². The Morgan fingerprint density at radius 1 is 1.48 bits per heavy atom. The second-order valence-corrected chi connectivity index (χ2v) is 10.9. The molecule has 0 aromatic heterocycles. The summed E-state index contributed by atoms with van der Waals surface area (Å²) in [5.74, 6) is 1.32. The van der Waals surface area contributed by atoms with Crippen LogP contribution in [0.1, 0.15) is 19.4 Å². The van der Waals surface area contributed by atoms with E-state index in [2.05, 4.69) is 16.0 Å². The van der Waals surface area contributed by atoms with E-state index in [1.54, 1.807) is 31.7 Å². The third-order valence-electron chi connectivity index (χ3n) is 3.43. The van der Waals surface area contributed by atoms with Gasteiger partial charge >= 0.3 is 0 Å². The largest absolute Gasteiger partial charge is 0.242 e. The summed E-state index contributed by atoms with van der Waals surface area (Å²) in [6.45, 7) is 6.98. The van der Waals surface area contributed by atoms with Crippen LogP contribution in [-0.2, 0) is 26.5 Å². The summed E-state index contributed by atoms with van der Waals surface area (Å²) >= 11 is 7.71. The minimum atomic E-state index is -3.89. The van der Waals surface area contributed by atoms with Crippen LogP contribution in [0.2, 0.25) is 5.02 Å². The van der Waals surface area contributed by atoms with Gasteiger partial charge < -0.3 is 0 Å². The van der Waals surface area contributed by atoms with Crippen LogP contribution in [-0.4, -0.2) is 40.4 Å². The molecule has 1 aliphatic heterocycles. The van der Waals surface area contributed by atoms with Crippen LogP contribution in [0.5, 0.6) is 0 Å². The smallest absolute Gasteiger partial charge is 0.209 e. The number of hydrogen-bond donors (Lipinski definition) is 2. The van der Waals surface area contributed by atoms with Crippen LogP contribution >= 0.6 is 23.4 Å². The lowest BCUT2D eigenvalue weighted by Gasteiger charge is -2.26. The van der Waals surface area contributed by atoms with Crippen molar-refractivity contribution in [2.45, 2.75) is 42.1 Å². The van der Waals surface area contributed by atoms with E-state index in [1.165, 1.54) is 6.07 Å². The SMILES string of the molecule is C=CCSCC1Cc2cc(Cl)c(S(=O)(=O)NC(C)C)cc2S(=O)(=O)N1. The lowest BCUT2D eigenvalue weighted by molar-refractivity contribution is 0.545. The van der Waals surface area contributed by atoms with Crippen molar-refractivity contribution in [3.8, 4) is 0 Å². The molecular weight excluding hydrogens is 404 g/mol. The fourth-order valence-electron chi connectivity index (χ4n) is 2.54. The van der Waals surface area contributed by atoms with Crippen LogP contribution in [0.3, 0.4) is 0 Å². The van der Waals surface area contributed by atoms with E-state index in [4.69, 9.17) is 11.6 Å². The van der Waals surface area contributed by atoms with Crippen molar-refractivity contribution in [1.82, 2.24) is 9.44 Å². The van der Waals surface area contributed by atoms with Crippen molar-refractivity contribution < 1.29 is 16.8 Å². The van der Waals surface area contributed by atoms with Gasteiger partial charge in [0.25, 0.3) is 0 Å². The number of rotatable bonds is 7. The molecule has 1 aliphatic rings. The van der Waals surface area contributed by atoms with Crippen molar-refractivity contribution in [3.05, 3.63) is 35.4 Å². The maximum absolute atomic E-state index is 12.5. The van der Waals surface area contributed by atoms with Gasteiger partial charge in [-0.1, -0.05) is 17.7 Å². The van der Waals surface area contributed by atoms with Crippen molar-refractivity contribution >= 4 is 43.4 Å².